The summed E-state index contributed by atoms with van der Waals surface area (Å²) in [7, 11) is 0. The molecule has 1 aliphatic carbocycles. The highest BCUT2D eigenvalue weighted by Crippen LogP contribution is 2.52. The summed E-state index contributed by atoms with van der Waals surface area (Å²) in [5, 5.41) is 3.72. The van der Waals surface area contributed by atoms with E-state index in [4.69, 9.17) is 14.2 Å². The van der Waals surface area contributed by atoms with Gasteiger partial charge in [-0.1, -0.05) is 41.4 Å². The van der Waals surface area contributed by atoms with Gasteiger partial charge in [-0.2, -0.15) is 0 Å². The predicted octanol–water partition coefficient (Wildman–Crippen LogP) is 5.96. The van der Waals surface area contributed by atoms with Crippen molar-refractivity contribution in [3.05, 3.63) is 63.6 Å². The van der Waals surface area contributed by atoms with Crippen LogP contribution in [0.5, 0.6) is 11.5 Å². The number of unbranched alkanes of at least 4 members (excludes halogenated alkanes) is 1. The summed E-state index contributed by atoms with van der Waals surface area (Å²) in [6.07, 6.45) is 7.38. The van der Waals surface area contributed by atoms with Crippen LogP contribution in [0.25, 0.3) is 0 Å². The Morgan fingerprint density at radius 3 is 2.87 bits per heavy atom. The number of carbonyl (C=O) groups excluding carboxylic acids is 1. The van der Waals surface area contributed by atoms with Crippen molar-refractivity contribution in [2.24, 2.45) is 5.92 Å². The van der Waals surface area contributed by atoms with E-state index >= 15 is 0 Å². The van der Waals surface area contributed by atoms with E-state index < -0.39 is 0 Å². The molecule has 3 unspecified atom stereocenters. The van der Waals surface area contributed by atoms with Crippen molar-refractivity contribution >= 4 is 27.6 Å². The van der Waals surface area contributed by atoms with Crippen molar-refractivity contribution in [2.75, 3.05) is 18.7 Å². The second-order valence-corrected chi connectivity index (χ2v) is 8.85. The van der Waals surface area contributed by atoms with Crippen LogP contribution in [0, 0.1) is 5.92 Å². The van der Waals surface area contributed by atoms with Gasteiger partial charge in [0.2, 0.25) is 6.79 Å². The zero-order valence-corrected chi connectivity index (χ0v) is 18.4. The summed E-state index contributed by atoms with van der Waals surface area (Å²) in [6.45, 7) is 2.81. The molecule has 0 saturated carbocycles. The lowest BCUT2D eigenvalue weighted by Crippen LogP contribution is -2.29. The van der Waals surface area contributed by atoms with Crippen molar-refractivity contribution in [1.82, 2.24) is 0 Å². The number of anilines is 1. The molecule has 0 aromatic heterocycles. The van der Waals surface area contributed by atoms with Gasteiger partial charge < -0.3 is 19.5 Å². The summed E-state index contributed by atoms with van der Waals surface area (Å²) in [5.74, 6) is 1.93. The van der Waals surface area contributed by atoms with Gasteiger partial charge in [-0.3, -0.25) is 0 Å². The number of fused-ring (bicyclic) bond motifs is 4. The van der Waals surface area contributed by atoms with Gasteiger partial charge >= 0.3 is 5.97 Å². The molecule has 0 fully saturated rings. The first kappa shape index (κ1) is 19.5. The molecule has 0 saturated heterocycles. The third-order valence-corrected chi connectivity index (χ3v) is 6.84. The summed E-state index contributed by atoms with van der Waals surface area (Å²) >= 11 is 3.73. The van der Waals surface area contributed by atoms with Gasteiger partial charge in [-0.15, -0.1) is 0 Å². The van der Waals surface area contributed by atoms with Crippen LogP contribution in [0.1, 0.15) is 59.6 Å². The van der Waals surface area contributed by atoms with E-state index in [1.54, 1.807) is 0 Å². The fourth-order valence-corrected chi connectivity index (χ4v) is 5.16. The molecule has 156 valence electrons. The maximum Gasteiger partial charge on any atom is 0.338 e. The molecule has 0 spiro atoms. The van der Waals surface area contributed by atoms with Crippen molar-refractivity contribution in [3.8, 4) is 11.5 Å². The van der Waals surface area contributed by atoms with Crippen molar-refractivity contribution < 1.29 is 19.0 Å². The van der Waals surface area contributed by atoms with Crippen LogP contribution in [0.2, 0.25) is 0 Å². The third-order valence-electron chi connectivity index (χ3n) is 6.16. The molecule has 1 N–H and O–H groups in total. The van der Waals surface area contributed by atoms with Crippen molar-refractivity contribution in [1.29, 1.82) is 0 Å². The number of carbonyl (C=O) groups is 1. The smallest absolute Gasteiger partial charge is 0.338 e. The molecule has 2 heterocycles. The van der Waals surface area contributed by atoms with Crippen LogP contribution in [-0.2, 0) is 4.74 Å². The molecule has 2 aromatic rings. The monoisotopic (exact) mass is 469 g/mol. The molecule has 2 aromatic carbocycles. The number of rotatable bonds is 5. The molecule has 0 amide bonds. The van der Waals surface area contributed by atoms with E-state index in [2.05, 4.69) is 46.4 Å². The number of nitrogens with one attached hydrogen (secondary N) is 1. The normalized spacial score (nSPS) is 22.9. The SMILES string of the molecule is CCCCOC(=O)c1ccc2c(c1)C1C=CCC1C(c1cc3c(cc1Br)OCO3)N2. The average molecular weight is 470 g/mol. The fraction of sp³-hybridized carbons (Fsp3) is 0.375. The minimum atomic E-state index is -0.245. The highest BCUT2D eigenvalue weighted by molar-refractivity contribution is 9.10. The largest absolute Gasteiger partial charge is 0.462 e. The number of esters is 1. The molecule has 0 bridgehead atoms. The van der Waals surface area contributed by atoms with E-state index in [0.29, 0.717) is 18.1 Å². The summed E-state index contributed by atoms with van der Waals surface area (Å²) < 4.78 is 17.5. The molecule has 2 aliphatic heterocycles. The summed E-state index contributed by atoms with van der Waals surface area (Å²) in [5.41, 5.74) is 3.99. The lowest BCUT2D eigenvalue weighted by Gasteiger charge is -2.38. The summed E-state index contributed by atoms with van der Waals surface area (Å²) in [6, 6.07) is 10.0. The van der Waals surface area contributed by atoms with Gasteiger partial charge in [0, 0.05) is 16.1 Å². The second kappa shape index (κ2) is 7.99. The van der Waals surface area contributed by atoms with E-state index in [-0.39, 0.29) is 24.7 Å². The maximum absolute atomic E-state index is 12.4. The van der Waals surface area contributed by atoms with Gasteiger partial charge in [0.15, 0.2) is 11.5 Å². The Hall–Kier alpha value is -2.47. The van der Waals surface area contributed by atoms with E-state index in [1.165, 1.54) is 0 Å². The molecule has 0 radical (unpaired) electrons. The lowest BCUT2D eigenvalue weighted by molar-refractivity contribution is 0.0499. The molecule has 3 atom stereocenters. The van der Waals surface area contributed by atoms with Gasteiger partial charge in [0.25, 0.3) is 0 Å². The topological polar surface area (TPSA) is 56.8 Å². The van der Waals surface area contributed by atoms with E-state index in [1.807, 2.05) is 24.3 Å². The molecule has 5 rings (SSSR count). The van der Waals surface area contributed by atoms with E-state index in [0.717, 1.165) is 52.0 Å². The minimum absolute atomic E-state index is 0.128. The van der Waals surface area contributed by atoms with Crippen LogP contribution < -0.4 is 14.8 Å². The maximum atomic E-state index is 12.4. The Balaban J connectivity index is 1.46. The number of halogens is 1. The zero-order chi connectivity index (χ0) is 20.7. The number of benzene rings is 2. The molecule has 30 heavy (non-hydrogen) atoms. The highest BCUT2D eigenvalue weighted by Gasteiger charge is 2.39. The minimum Gasteiger partial charge on any atom is -0.462 e. The average Bonchev–Trinajstić information content (AvgIpc) is 3.41. The number of allylic oxidation sites excluding steroid dienone is 2. The Morgan fingerprint density at radius 2 is 2.03 bits per heavy atom. The molecule has 5 nitrogen and oxygen atoms in total. The van der Waals surface area contributed by atoms with Crippen LogP contribution in [0.15, 0.2) is 47.0 Å². The van der Waals surface area contributed by atoms with Crippen LogP contribution in [0.3, 0.4) is 0 Å². The Morgan fingerprint density at radius 1 is 1.20 bits per heavy atom. The van der Waals surface area contributed by atoms with Gasteiger partial charge in [0.1, 0.15) is 0 Å². The number of hydrogen-bond acceptors (Lipinski definition) is 5. The van der Waals surface area contributed by atoms with Crippen LogP contribution in [-0.4, -0.2) is 19.4 Å². The second-order valence-electron chi connectivity index (χ2n) is 7.99. The van der Waals surface area contributed by atoms with Gasteiger partial charge in [-0.25, -0.2) is 4.79 Å². The van der Waals surface area contributed by atoms with Gasteiger partial charge in [-0.05, 0) is 60.2 Å². The molecular formula is C24H24BrNO4. The first-order valence-corrected chi connectivity index (χ1v) is 11.3. The standard InChI is InChI=1S/C24H24BrNO4/c1-2-3-9-28-24(27)14-7-8-20-17(10-14)15-5-4-6-16(15)23(26-20)18-11-21-22(12-19(18)25)30-13-29-21/h4-5,7-8,10-12,15-16,23,26H,2-3,6,9,13H2,1H3. The first-order chi connectivity index (χ1) is 14.7. The van der Waals surface area contributed by atoms with Crippen molar-refractivity contribution in [2.45, 2.75) is 38.1 Å². The lowest BCUT2D eigenvalue weighted by atomic mass is 9.76. The molecule has 3 aliphatic rings. The van der Waals surface area contributed by atoms with Crippen molar-refractivity contribution in [3.63, 3.8) is 0 Å². The Kier molecular flexibility index (Phi) is 5.19. The summed E-state index contributed by atoms with van der Waals surface area (Å²) in [4.78, 5) is 12.4. The zero-order valence-electron chi connectivity index (χ0n) is 16.8. The van der Waals surface area contributed by atoms with E-state index in [9.17, 15) is 4.79 Å². The van der Waals surface area contributed by atoms with Crippen LogP contribution >= 0.6 is 15.9 Å². The quantitative estimate of drug-likeness (QED) is 0.332. The highest BCUT2D eigenvalue weighted by atomic mass is 79.9. The number of ether oxygens (including phenoxy) is 3. The molecule has 6 heteroatoms. The van der Waals surface area contributed by atoms with Gasteiger partial charge in [0.05, 0.1) is 18.2 Å². The predicted molar refractivity (Wildman–Crippen MR) is 118 cm³/mol. The third kappa shape index (κ3) is 3.37. The fourth-order valence-electron chi connectivity index (χ4n) is 4.59. The molecular weight excluding hydrogens is 446 g/mol. The Labute approximate surface area is 184 Å². The Bertz CT molecular complexity index is 1020. The first-order valence-electron chi connectivity index (χ1n) is 10.5. The van der Waals surface area contributed by atoms with Crippen LogP contribution in [0.4, 0.5) is 5.69 Å². The number of hydrogen-bond donors (Lipinski definition) is 1.